The molecule has 3 nitrogen and oxygen atoms in total. The van der Waals surface area contributed by atoms with E-state index in [9.17, 15) is 9.59 Å². The normalized spacial score (nSPS) is 13.2. The number of carbonyl (C=O) groups excluding carboxylic acids is 2. The van der Waals surface area contributed by atoms with E-state index in [1.165, 1.54) is 11.6 Å². The maximum atomic E-state index is 11.6. The zero-order valence-electron chi connectivity index (χ0n) is 12.0. The van der Waals surface area contributed by atoms with Crippen LogP contribution in [-0.4, -0.2) is 18.4 Å². The number of aldehydes is 1. The molecule has 2 atom stereocenters. The Bertz CT molecular complexity index is 332. The fourth-order valence-corrected chi connectivity index (χ4v) is 1.47. The van der Waals surface area contributed by atoms with Gasteiger partial charge in [0.15, 0.2) is 0 Å². The molecule has 0 aliphatic carbocycles. The van der Waals surface area contributed by atoms with Gasteiger partial charge in [-0.3, -0.25) is 0 Å². The highest BCUT2D eigenvalue weighted by molar-refractivity contribution is 5.82. The minimum absolute atomic E-state index is 0.273. The third-order valence-electron chi connectivity index (χ3n) is 2.48. The molecule has 0 aliphatic heterocycles. The Morgan fingerprint density at radius 2 is 1.78 bits per heavy atom. The van der Waals surface area contributed by atoms with Crippen molar-refractivity contribution in [2.45, 2.75) is 53.6 Å². The molecule has 0 fully saturated rings. The molecule has 18 heavy (non-hydrogen) atoms. The van der Waals surface area contributed by atoms with Gasteiger partial charge in [-0.05, 0) is 40.5 Å². The van der Waals surface area contributed by atoms with E-state index in [2.05, 4.69) is 6.08 Å². The van der Waals surface area contributed by atoms with Crippen molar-refractivity contribution in [3.05, 3.63) is 23.3 Å². The van der Waals surface area contributed by atoms with Gasteiger partial charge in [-0.2, -0.15) is 0 Å². The Labute approximate surface area is 110 Å². The molecule has 0 amide bonds. The van der Waals surface area contributed by atoms with Crippen molar-refractivity contribution in [1.29, 1.82) is 0 Å². The number of carbonyl (C=O) groups is 2. The first-order chi connectivity index (χ1) is 8.36. The topological polar surface area (TPSA) is 43.4 Å². The first-order valence-electron chi connectivity index (χ1n) is 6.31. The van der Waals surface area contributed by atoms with Crippen molar-refractivity contribution < 1.29 is 14.3 Å². The number of hydrogen-bond acceptors (Lipinski definition) is 3. The number of hydrogen-bond donors (Lipinski definition) is 0. The van der Waals surface area contributed by atoms with Gasteiger partial charge in [-0.25, -0.2) is 4.79 Å². The number of ether oxygens (including phenoxy) is 1. The molecule has 0 aliphatic rings. The summed E-state index contributed by atoms with van der Waals surface area (Å²) in [4.78, 5) is 22.4. The van der Waals surface area contributed by atoms with Crippen LogP contribution in [0.3, 0.4) is 0 Å². The van der Waals surface area contributed by atoms with Crippen molar-refractivity contribution in [3.8, 4) is 0 Å². The zero-order valence-corrected chi connectivity index (χ0v) is 12.0. The largest absolute Gasteiger partial charge is 0.458 e. The molecule has 0 aromatic carbocycles. The highest BCUT2D eigenvalue weighted by atomic mass is 16.5. The Kier molecular flexibility index (Phi) is 8.01. The first-order valence-corrected chi connectivity index (χ1v) is 6.31. The van der Waals surface area contributed by atoms with Gasteiger partial charge < -0.3 is 9.53 Å². The third-order valence-corrected chi connectivity index (χ3v) is 2.48. The summed E-state index contributed by atoms with van der Waals surface area (Å²) in [6.07, 6.45) is 5.51. The summed E-state index contributed by atoms with van der Waals surface area (Å²) < 4.78 is 5.32. The van der Waals surface area contributed by atoms with Gasteiger partial charge in [-0.15, -0.1) is 0 Å². The Morgan fingerprint density at radius 1 is 1.17 bits per heavy atom. The second kappa shape index (κ2) is 8.67. The minimum Gasteiger partial charge on any atom is -0.458 e. The summed E-state index contributed by atoms with van der Waals surface area (Å²) in [6.45, 7) is 9.49. The maximum absolute atomic E-state index is 11.6. The van der Waals surface area contributed by atoms with E-state index in [4.69, 9.17) is 4.74 Å². The lowest BCUT2D eigenvalue weighted by molar-refractivity contribution is -0.146. The van der Waals surface area contributed by atoms with Gasteiger partial charge >= 0.3 is 5.97 Å². The van der Waals surface area contributed by atoms with Crippen molar-refractivity contribution in [2.75, 3.05) is 0 Å². The molecule has 0 heterocycles. The summed E-state index contributed by atoms with van der Waals surface area (Å²) >= 11 is 0. The van der Waals surface area contributed by atoms with E-state index >= 15 is 0 Å². The number of allylic oxidation sites excluding steroid dienone is 3. The van der Waals surface area contributed by atoms with E-state index in [0.29, 0.717) is 6.42 Å². The van der Waals surface area contributed by atoms with Gasteiger partial charge in [0.1, 0.15) is 12.4 Å². The molecule has 0 saturated carbocycles. The summed E-state index contributed by atoms with van der Waals surface area (Å²) in [5.41, 5.74) is 2.12. The van der Waals surface area contributed by atoms with Crippen molar-refractivity contribution in [2.24, 2.45) is 5.92 Å². The lowest BCUT2D eigenvalue weighted by Gasteiger charge is -2.19. The Hall–Kier alpha value is -1.38. The van der Waals surface area contributed by atoms with E-state index in [0.717, 1.165) is 18.3 Å². The van der Waals surface area contributed by atoms with Crippen molar-refractivity contribution in [1.82, 2.24) is 0 Å². The lowest BCUT2D eigenvalue weighted by Crippen LogP contribution is -2.25. The highest BCUT2D eigenvalue weighted by Gasteiger charge is 2.19. The summed E-state index contributed by atoms with van der Waals surface area (Å²) in [6, 6.07) is 0. The quantitative estimate of drug-likeness (QED) is 0.302. The van der Waals surface area contributed by atoms with E-state index in [-0.39, 0.29) is 18.0 Å². The van der Waals surface area contributed by atoms with Crippen LogP contribution in [0.25, 0.3) is 0 Å². The molecule has 0 aromatic rings. The highest BCUT2D eigenvalue weighted by Crippen LogP contribution is 2.14. The Balaban J connectivity index is 4.50. The molecule has 0 radical (unpaired) electrons. The summed E-state index contributed by atoms with van der Waals surface area (Å²) in [5.74, 6) is -0.643. The van der Waals surface area contributed by atoms with Crippen molar-refractivity contribution in [3.63, 3.8) is 0 Å². The van der Waals surface area contributed by atoms with Gasteiger partial charge in [0, 0.05) is 12.0 Å². The van der Waals surface area contributed by atoms with Crippen LogP contribution in [0.2, 0.25) is 0 Å². The maximum Gasteiger partial charge on any atom is 0.330 e. The average molecular weight is 252 g/mol. The van der Waals surface area contributed by atoms with Crippen LogP contribution in [-0.2, 0) is 14.3 Å². The van der Waals surface area contributed by atoms with Crippen LogP contribution in [0.1, 0.15) is 47.5 Å². The molecule has 3 heteroatoms. The molecule has 0 bridgehead atoms. The smallest absolute Gasteiger partial charge is 0.330 e. The SMILES string of the molecule is CC(C)=CCCC(OC(=O)C=C(C)C)C(C)C=O. The minimum atomic E-state index is -0.370. The summed E-state index contributed by atoms with van der Waals surface area (Å²) in [5, 5.41) is 0. The predicted molar refractivity (Wildman–Crippen MR) is 73.2 cm³/mol. The Morgan fingerprint density at radius 3 is 2.22 bits per heavy atom. The van der Waals surface area contributed by atoms with E-state index in [1.807, 2.05) is 27.7 Å². The van der Waals surface area contributed by atoms with Crippen LogP contribution in [0.4, 0.5) is 0 Å². The molecule has 0 N–H and O–H groups in total. The molecule has 0 saturated heterocycles. The summed E-state index contributed by atoms with van der Waals surface area (Å²) in [7, 11) is 0. The average Bonchev–Trinajstić information content (AvgIpc) is 2.25. The van der Waals surface area contributed by atoms with Gasteiger partial charge in [-0.1, -0.05) is 24.1 Å². The molecular weight excluding hydrogens is 228 g/mol. The van der Waals surface area contributed by atoms with Crippen LogP contribution in [0.15, 0.2) is 23.3 Å². The zero-order chi connectivity index (χ0) is 14.1. The van der Waals surface area contributed by atoms with Crippen LogP contribution in [0.5, 0.6) is 0 Å². The second-order valence-electron chi connectivity index (χ2n) is 5.05. The molecule has 2 unspecified atom stereocenters. The monoisotopic (exact) mass is 252 g/mol. The third kappa shape index (κ3) is 7.82. The van der Waals surface area contributed by atoms with Crippen LogP contribution < -0.4 is 0 Å². The van der Waals surface area contributed by atoms with Gasteiger partial charge in [0.25, 0.3) is 0 Å². The van der Waals surface area contributed by atoms with Crippen molar-refractivity contribution >= 4 is 12.3 Å². The number of esters is 1. The molecule has 102 valence electrons. The van der Waals surface area contributed by atoms with E-state index in [1.54, 1.807) is 6.92 Å². The number of rotatable bonds is 7. The van der Waals surface area contributed by atoms with Crippen LogP contribution >= 0.6 is 0 Å². The molecular formula is C15H24O3. The fourth-order valence-electron chi connectivity index (χ4n) is 1.47. The standard InChI is InChI=1S/C15H24O3/c1-11(2)7-6-8-14(13(5)10-16)18-15(17)9-12(3)4/h7,9-10,13-14H,6,8H2,1-5H3. The first kappa shape index (κ1) is 16.6. The van der Waals surface area contributed by atoms with Gasteiger partial charge in [0.2, 0.25) is 0 Å². The fraction of sp³-hybridized carbons (Fsp3) is 0.600. The molecule has 0 aromatic heterocycles. The predicted octanol–water partition coefficient (Wildman–Crippen LogP) is 3.45. The van der Waals surface area contributed by atoms with Crippen LogP contribution in [0, 0.1) is 5.92 Å². The van der Waals surface area contributed by atoms with E-state index < -0.39 is 0 Å². The second-order valence-corrected chi connectivity index (χ2v) is 5.05. The van der Waals surface area contributed by atoms with Gasteiger partial charge in [0.05, 0.1) is 0 Å². The molecule has 0 spiro atoms. The lowest BCUT2D eigenvalue weighted by atomic mass is 10.0. The molecule has 0 rings (SSSR count).